The average molecular weight is 239 g/mol. The lowest BCUT2D eigenvalue weighted by Crippen LogP contribution is -1.90. The summed E-state index contributed by atoms with van der Waals surface area (Å²) in [5.41, 5.74) is 0.738. The number of rotatable bonds is 1. The van der Waals surface area contributed by atoms with E-state index in [1.54, 1.807) is 13.0 Å². The highest BCUT2D eigenvalue weighted by molar-refractivity contribution is 6.34. The molecule has 0 fully saturated rings. The van der Waals surface area contributed by atoms with Crippen LogP contribution < -0.4 is 0 Å². The third kappa shape index (κ3) is 2.11. The molecule has 0 aliphatic heterocycles. The maximum absolute atomic E-state index is 5.94. The van der Waals surface area contributed by atoms with Gasteiger partial charge in [-0.3, -0.25) is 0 Å². The SMILES string of the molecule is C/C(Cl)=C/c1nnc(Cl)c2ccccc12. The third-order valence-corrected chi connectivity index (χ3v) is 2.39. The minimum absolute atomic E-state index is 0.412. The first kappa shape index (κ1) is 10.4. The van der Waals surface area contributed by atoms with E-state index in [1.807, 2.05) is 24.3 Å². The van der Waals surface area contributed by atoms with Gasteiger partial charge < -0.3 is 0 Å². The summed E-state index contributed by atoms with van der Waals surface area (Å²) in [6, 6.07) is 7.70. The first-order valence-electron chi connectivity index (χ1n) is 4.43. The molecular weight excluding hydrogens is 231 g/mol. The highest BCUT2D eigenvalue weighted by Gasteiger charge is 2.04. The highest BCUT2D eigenvalue weighted by Crippen LogP contribution is 2.24. The molecule has 0 radical (unpaired) electrons. The second-order valence-corrected chi connectivity index (χ2v) is 4.11. The molecule has 0 atom stereocenters. The van der Waals surface area contributed by atoms with Crippen molar-refractivity contribution in [3.05, 3.63) is 40.1 Å². The Kier molecular flexibility index (Phi) is 2.89. The summed E-state index contributed by atoms with van der Waals surface area (Å²) >= 11 is 11.8. The van der Waals surface area contributed by atoms with Crippen LogP contribution in [0.15, 0.2) is 29.3 Å². The average Bonchev–Trinajstić information content (AvgIpc) is 2.22. The van der Waals surface area contributed by atoms with E-state index in [2.05, 4.69) is 10.2 Å². The maximum atomic E-state index is 5.94. The van der Waals surface area contributed by atoms with Crippen LogP contribution in [-0.4, -0.2) is 10.2 Å². The summed E-state index contributed by atoms with van der Waals surface area (Å²) in [7, 11) is 0. The fourth-order valence-corrected chi connectivity index (χ4v) is 1.69. The molecule has 1 aromatic heterocycles. The fourth-order valence-electron chi connectivity index (χ4n) is 1.39. The van der Waals surface area contributed by atoms with Crippen LogP contribution in [0, 0.1) is 0 Å². The largest absolute Gasteiger partial charge is 0.159 e. The van der Waals surface area contributed by atoms with Crippen LogP contribution >= 0.6 is 23.2 Å². The van der Waals surface area contributed by atoms with E-state index in [-0.39, 0.29) is 0 Å². The molecule has 1 aromatic carbocycles. The summed E-state index contributed by atoms with van der Waals surface area (Å²) in [6.45, 7) is 1.80. The Bertz CT molecular complexity index is 531. The van der Waals surface area contributed by atoms with Gasteiger partial charge in [-0.2, -0.15) is 0 Å². The number of nitrogens with zero attached hydrogens (tertiary/aromatic N) is 2. The van der Waals surface area contributed by atoms with E-state index in [9.17, 15) is 0 Å². The molecule has 15 heavy (non-hydrogen) atoms. The Labute approximate surface area is 97.5 Å². The number of halogens is 2. The van der Waals surface area contributed by atoms with Gasteiger partial charge in [-0.1, -0.05) is 47.5 Å². The molecular formula is C11H8Cl2N2. The van der Waals surface area contributed by atoms with Gasteiger partial charge in [0.05, 0.1) is 5.69 Å². The number of hydrogen-bond acceptors (Lipinski definition) is 2. The van der Waals surface area contributed by atoms with Crippen LogP contribution in [0.1, 0.15) is 12.6 Å². The second kappa shape index (κ2) is 4.17. The topological polar surface area (TPSA) is 25.8 Å². The molecule has 0 unspecified atom stereocenters. The van der Waals surface area contributed by atoms with E-state index in [4.69, 9.17) is 23.2 Å². The van der Waals surface area contributed by atoms with Gasteiger partial charge in [0.25, 0.3) is 0 Å². The van der Waals surface area contributed by atoms with Crippen LogP contribution in [0.25, 0.3) is 16.8 Å². The van der Waals surface area contributed by atoms with E-state index in [0.29, 0.717) is 10.2 Å². The molecule has 76 valence electrons. The minimum atomic E-state index is 0.412. The van der Waals surface area contributed by atoms with Crippen LogP contribution in [0.3, 0.4) is 0 Å². The first-order chi connectivity index (χ1) is 7.18. The van der Waals surface area contributed by atoms with Gasteiger partial charge in [0.1, 0.15) is 0 Å². The molecule has 2 rings (SSSR count). The van der Waals surface area contributed by atoms with E-state index in [0.717, 1.165) is 16.5 Å². The van der Waals surface area contributed by atoms with Gasteiger partial charge in [-0.15, -0.1) is 10.2 Å². The summed E-state index contributed by atoms with van der Waals surface area (Å²) < 4.78 is 0. The minimum Gasteiger partial charge on any atom is -0.149 e. The molecule has 2 aromatic rings. The van der Waals surface area contributed by atoms with Gasteiger partial charge in [-0.05, 0) is 13.0 Å². The number of fused-ring (bicyclic) bond motifs is 1. The lowest BCUT2D eigenvalue weighted by atomic mass is 10.1. The van der Waals surface area contributed by atoms with Crippen molar-refractivity contribution < 1.29 is 0 Å². The Morgan fingerprint density at radius 1 is 1.20 bits per heavy atom. The van der Waals surface area contributed by atoms with Gasteiger partial charge in [0, 0.05) is 15.8 Å². The van der Waals surface area contributed by atoms with E-state index >= 15 is 0 Å². The quantitative estimate of drug-likeness (QED) is 0.754. The van der Waals surface area contributed by atoms with E-state index < -0.39 is 0 Å². The fraction of sp³-hybridized carbons (Fsp3) is 0.0909. The molecule has 0 saturated heterocycles. The van der Waals surface area contributed by atoms with Crippen LogP contribution in [-0.2, 0) is 0 Å². The molecule has 0 aliphatic carbocycles. The Balaban J connectivity index is 2.77. The summed E-state index contributed by atoms with van der Waals surface area (Å²) in [5, 5.41) is 10.8. The van der Waals surface area contributed by atoms with Crippen molar-refractivity contribution in [2.24, 2.45) is 0 Å². The van der Waals surface area contributed by atoms with Crippen molar-refractivity contribution in [3.8, 4) is 0 Å². The predicted octanol–water partition coefficient (Wildman–Crippen LogP) is 3.88. The zero-order chi connectivity index (χ0) is 10.8. The van der Waals surface area contributed by atoms with Gasteiger partial charge in [-0.25, -0.2) is 0 Å². The molecule has 0 spiro atoms. The summed E-state index contributed by atoms with van der Waals surface area (Å²) in [5.74, 6) is 0. The van der Waals surface area contributed by atoms with Gasteiger partial charge >= 0.3 is 0 Å². The molecule has 1 heterocycles. The van der Waals surface area contributed by atoms with Crippen LogP contribution in [0.5, 0.6) is 0 Å². The zero-order valence-corrected chi connectivity index (χ0v) is 9.55. The third-order valence-electron chi connectivity index (χ3n) is 2.01. The van der Waals surface area contributed by atoms with Crippen LogP contribution in [0.2, 0.25) is 5.15 Å². The molecule has 0 amide bonds. The number of hydrogen-bond donors (Lipinski definition) is 0. The summed E-state index contributed by atoms with van der Waals surface area (Å²) in [4.78, 5) is 0. The predicted molar refractivity (Wildman–Crippen MR) is 64.1 cm³/mol. The molecule has 0 saturated carbocycles. The monoisotopic (exact) mass is 238 g/mol. The Hall–Kier alpha value is -1.12. The Morgan fingerprint density at radius 3 is 2.53 bits per heavy atom. The standard InChI is InChI=1S/C11H8Cl2N2/c1-7(12)6-10-8-4-2-3-5-9(8)11(13)15-14-10/h2-6H,1H3/b7-6-. The van der Waals surface area contributed by atoms with Crippen molar-refractivity contribution in [2.45, 2.75) is 6.92 Å². The molecule has 4 heteroatoms. The lowest BCUT2D eigenvalue weighted by molar-refractivity contribution is 1.04. The Morgan fingerprint density at radius 2 is 1.87 bits per heavy atom. The molecule has 0 bridgehead atoms. The molecule has 2 nitrogen and oxygen atoms in total. The normalized spacial score (nSPS) is 12.1. The first-order valence-corrected chi connectivity index (χ1v) is 5.19. The van der Waals surface area contributed by atoms with Crippen molar-refractivity contribution in [2.75, 3.05) is 0 Å². The zero-order valence-electron chi connectivity index (χ0n) is 8.04. The van der Waals surface area contributed by atoms with Crippen LogP contribution in [0.4, 0.5) is 0 Å². The van der Waals surface area contributed by atoms with Gasteiger partial charge in [0.15, 0.2) is 5.15 Å². The lowest BCUT2D eigenvalue weighted by Gasteiger charge is -2.01. The smallest absolute Gasteiger partial charge is 0.149 e. The maximum Gasteiger partial charge on any atom is 0.159 e. The van der Waals surface area contributed by atoms with Crippen molar-refractivity contribution in [1.82, 2.24) is 10.2 Å². The number of benzene rings is 1. The number of allylic oxidation sites excluding steroid dienone is 1. The van der Waals surface area contributed by atoms with Crippen molar-refractivity contribution >= 4 is 40.1 Å². The summed E-state index contributed by atoms with van der Waals surface area (Å²) in [6.07, 6.45) is 1.77. The van der Waals surface area contributed by atoms with Crippen molar-refractivity contribution in [3.63, 3.8) is 0 Å². The van der Waals surface area contributed by atoms with E-state index in [1.165, 1.54) is 0 Å². The highest BCUT2D eigenvalue weighted by atomic mass is 35.5. The second-order valence-electron chi connectivity index (χ2n) is 3.15. The molecule has 0 aliphatic rings. The number of aromatic nitrogens is 2. The van der Waals surface area contributed by atoms with Crippen molar-refractivity contribution in [1.29, 1.82) is 0 Å². The molecule has 0 N–H and O–H groups in total. The van der Waals surface area contributed by atoms with Gasteiger partial charge in [0.2, 0.25) is 0 Å².